The number of rotatable bonds is 35. The molecule has 0 aliphatic rings. The summed E-state index contributed by atoms with van der Waals surface area (Å²) in [6, 6.07) is 0. The molecule has 9 heteroatoms. The second-order valence-electron chi connectivity index (χ2n) is 12.9. The number of carbonyl (C=O) groups excluding carboxylic acids is 2. The van der Waals surface area contributed by atoms with Crippen LogP contribution in [0.3, 0.4) is 0 Å². The molecule has 0 unspecified atom stereocenters. The molecule has 0 spiro atoms. The summed E-state index contributed by atoms with van der Waals surface area (Å²) in [5.74, 6) is -0.943. The van der Waals surface area contributed by atoms with Gasteiger partial charge in [0, 0.05) is 12.8 Å². The first kappa shape index (κ1) is 46.3. The molecule has 0 heterocycles. The maximum Gasteiger partial charge on any atom is 0.469 e. The van der Waals surface area contributed by atoms with Gasteiger partial charge in [-0.3, -0.25) is 14.1 Å². The fraction of sp³-hybridized carbons (Fsp3) is 0.795. The number of esters is 2. The van der Waals surface area contributed by atoms with E-state index in [0.717, 1.165) is 38.5 Å². The van der Waals surface area contributed by atoms with Gasteiger partial charge >= 0.3 is 19.8 Å². The van der Waals surface area contributed by atoms with E-state index in [4.69, 9.17) is 19.3 Å². The molecular weight excluding hydrogens is 627 g/mol. The summed E-state index contributed by atoms with van der Waals surface area (Å²) in [5.41, 5.74) is 0. The Kier molecular flexibility index (Phi) is 33.8. The first-order chi connectivity index (χ1) is 23.3. The van der Waals surface area contributed by atoms with E-state index in [1.165, 1.54) is 103 Å². The van der Waals surface area contributed by atoms with Gasteiger partial charge in [0.05, 0.1) is 6.61 Å². The molecule has 0 rings (SSSR count). The zero-order valence-electron chi connectivity index (χ0n) is 30.6. The van der Waals surface area contributed by atoms with Crippen molar-refractivity contribution in [2.75, 3.05) is 13.2 Å². The molecule has 2 N–H and O–H groups in total. The van der Waals surface area contributed by atoms with Gasteiger partial charge in [0.25, 0.3) is 0 Å². The zero-order chi connectivity index (χ0) is 35.4. The number of carbonyl (C=O) groups is 2. The molecule has 0 saturated carbocycles. The first-order valence-corrected chi connectivity index (χ1v) is 20.8. The lowest BCUT2D eigenvalue weighted by atomic mass is 10.0. The van der Waals surface area contributed by atoms with E-state index in [9.17, 15) is 14.2 Å². The van der Waals surface area contributed by atoms with Gasteiger partial charge in [0.1, 0.15) is 6.61 Å². The monoisotopic (exact) mass is 698 g/mol. The number of unbranched alkanes of at least 4 members (excludes halogenated alkanes) is 19. The van der Waals surface area contributed by atoms with Crippen LogP contribution in [0.25, 0.3) is 0 Å². The summed E-state index contributed by atoms with van der Waals surface area (Å²) < 4.78 is 26.3. The van der Waals surface area contributed by atoms with E-state index in [1.54, 1.807) is 0 Å². The van der Waals surface area contributed by atoms with Crippen LogP contribution in [0.4, 0.5) is 0 Å². The van der Waals surface area contributed by atoms with Crippen molar-refractivity contribution in [1.82, 2.24) is 0 Å². The summed E-state index contributed by atoms with van der Waals surface area (Å²) in [7, 11) is -4.76. The van der Waals surface area contributed by atoms with Crippen LogP contribution in [-0.4, -0.2) is 41.0 Å². The van der Waals surface area contributed by atoms with Gasteiger partial charge in [-0.05, 0) is 44.9 Å². The van der Waals surface area contributed by atoms with Crippen molar-refractivity contribution in [3.05, 3.63) is 36.5 Å². The van der Waals surface area contributed by atoms with Gasteiger partial charge in [0.2, 0.25) is 0 Å². The molecule has 0 aromatic heterocycles. The van der Waals surface area contributed by atoms with E-state index in [1.807, 2.05) is 6.08 Å². The first-order valence-electron chi connectivity index (χ1n) is 19.3. The summed E-state index contributed by atoms with van der Waals surface area (Å²) in [6.45, 7) is 3.63. The third-order valence-corrected chi connectivity index (χ3v) is 8.65. The van der Waals surface area contributed by atoms with E-state index in [-0.39, 0.29) is 19.4 Å². The van der Waals surface area contributed by atoms with Crippen molar-refractivity contribution in [2.24, 2.45) is 0 Å². The molecule has 0 aliphatic carbocycles. The highest BCUT2D eigenvalue weighted by Gasteiger charge is 2.22. The van der Waals surface area contributed by atoms with Crippen molar-refractivity contribution in [2.45, 2.75) is 187 Å². The molecule has 0 radical (unpaired) electrons. The summed E-state index contributed by atoms with van der Waals surface area (Å²) in [5, 5.41) is 0. The van der Waals surface area contributed by atoms with Crippen molar-refractivity contribution < 1.29 is 37.9 Å². The number of ether oxygens (including phenoxy) is 2. The summed E-state index contributed by atoms with van der Waals surface area (Å²) in [4.78, 5) is 42.7. The average molecular weight is 699 g/mol. The van der Waals surface area contributed by atoms with Crippen LogP contribution in [0.5, 0.6) is 0 Å². The third-order valence-electron chi connectivity index (χ3n) is 8.16. The predicted octanol–water partition coefficient (Wildman–Crippen LogP) is 11.4. The molecule has 0 aromatic carbocycles. The number of hydrogen-bond acceptors (Lipinski definition) is 6. The Morgan fingerprint density at radius 3 is 1.46 bits per heavy atom. The molecule has 0 aliphatic heterocycles. The predicted molar refractivity (Wildman–Crippen MR) is 198 cm³/mol. The lowest BCUT2D eigenvalue weighted by molar-refractivity contribution is -0.161. The van der Waals surface area contributed by atoms with Crippen molar-refractivity contribution >= 4 is 19.8 Å². The standard InChI is InChI=1S/C39H71O8P/c1-3-5-7-9-11-13-15-17-18-19-20-22-24-26-28-30-32-34-39(41)47-37(36-46-48(42,43)44)35-45-38(40)33-31-29-27-25-23-21-16-14-12-10-8-6-4-2/h17-18,20,22,26,28,37H,3-16,19,21,23-25,27,29-36H2,1-2H3,(H2,42,43,44)/b18-17+,22-20+,28-26+/t37-/m1/s1. The van der Waals surface area contributed by atoms with Crippen LogP contribution in [-0.2, 0) is 28.2 Å². The smallest absolute Gasteiger partial charge is 0.462 e. The van der Waals surface area contributed by atoms with Crippen LogP contribution in [0.15, 0.2) is 36.5 Å². The van der Waals surface area contributed by atoms with Gasteiger partial charge in [-0.15, -0.1) is 0 Å². The summed E-state index contributed by atoms with van der Waals surface area (Å²) >= 11 is 0. The molecule has 0 bridgehead atoms. The molecule has 8 nitrogen and oxygen atoms in total. The maximum absolute atomic E-state index is 12.3. The Morgan fingerprint density at radius 2 is 0.958 bits per heavy atom. The molecule has 1 atom stereocenters. The highest BCUT2D eigenvalue weighted by molar-refractivity contribution is 7.46. The Labute approximate surface area is 293 Å². The Balaban J connectivity index is 4.05. The van der Waals surface area contributed by atoms with E-state index < -0.39 is 32.5 Å². The van der Waals surface area contributed by atoms with Crippen LogP contribution in [0.2, 0.25) is 0 Å². The summed E-state index contributed by atoms with van der Waals surface area (Å²) in [6.07, 6.45) is 40.1. The SMILES string of the molecule is CCCCCCCC/C=C/C/C=C/C/C=C/CCCC(=O)O[C@H](COC(=O)CCCCCCCCCCCCCCC)COP(=O)(O)O. The number of hydrogen-bond donors (Lipinski definition) is 2. The molecule has 48 heavy (non-hydrogen) atoms. The largest absolute Gasteiger partial charge is 0.469 e. The Hall–Kier alpha value is -1.73. The van der Waals surface area contributed by atoms with Crippen LogP contribution < -0.4 is 0 Å². The number of phosphoric acid groups is 1. The zero-order valence-corrected chi connectivity index (χ0v) is 31.5. The van der Waals surface area contributed by atoms with E-state index >= 15 is 0 Å². The van der Waals surface area contributed by atoms with Gasteiger partial charge < -0.3 is 19.3 Å². The minimum absolute atomic E-state index is 0.142. The van der Waals surface area contributed by atoms with Crippen LogP contribution in [0, 0.1) is 0 Å². The van der Waals surface area contributed by atoms with E-state index in [2.05, 4.69) is 48.8 Å². The minimum Gasteiger partial charge on any atom is -0.462 e. The quantitative estimate of drug-likeness (QED) is 0.0290. The van der Waals surface area contributed by atoms with Gasteiger partial charge in [-0.2, -0.15) is 0 Å². The highest BCUT2D eigenvalue weighted by atomic mass is 31.2. The molecular formula is C39H71O8P. The van der Waals surface area contributed by atoms with Gasteiger partial charge in [-0.25, -0.2) is 4.57 Å². The maximum atomic E-state index is 12.3. The van der Waals surface area contributed by atoms with Gasteiger partial charge in [0.15, 0.2) is 6.10 Å². The van der Waals surface area contributed by atoms with Crippen LogP contribution in [0.1, 0.15) is 181 Å². The van der Waals surface area contributed by atoms with Gasteiger partial charge in [-0.1, -0.05) is 159 Å². The normalized spacial score (nSPS) is 12.8. The molecule has 0 saturated heterocycles. The number of phosphoric ester groups is 1. The molecule has 280 valence electrons. The highest BCUT2D eigenvalue weighted by Crippen LogP contribution is 2.36. The third kappa shape index (κ3) is 37.1. The van der Waals surface area contributed by atoms with Crippen molar-refractivity contribution in [3.63, 3.8) is 0 Å². The lowest BCUT2D eigenvalue weighted by Gasteiger charge is -2.18. The van der Waals surface area contributed by atoms with Crippen LogP contribution >= 0.6 is 7.82 Å². The Bertz CT molecular complexity index is 879. The fourth-order valence-electron chi connectivity index (χ4n) is 5.27. The molecule has 0 fully saturated rings. The topological polar surface area (TPSA) is 119 Å². The van der Waals surface area contributed by atoms with E-state index in [0.29, 0.717) is 12.8 Å². The molecule has 0 amide bonds. The second-order valence-corrected chi connectivity index (χ2v) is 14.1. The fourth-order valence-corrected chi connectivity index (χ4v) is 5.63. The second kappa shape index (κ2) is 35.1. The number of allylic oxidation sites excluding steroid dienone is 6. The lowest BCUT2D eigenvalue weighted by Crippen LogP contribution is -2.29. The Morgan fingerprint density at radius 1 is 0.542 bits per heavy atom. The average Bonchev–Trinajstić information content (AvgIpc) is 3.05. The minimum atomic E-state index is -4.76. The van der Waals surface area contributed by atoms with Crippen molar-refractivity contribution in [3.8, 4) is 0 Å². The molecule has 0 aromatic rings. The van der Waals surface area contributed by atoms with Crippen molar-refractivity contribution in [1.29, 1.82) is 0 Å².